The van der Waals surface area contributed by atoms with Crippen molar-refractivity contribution in [3.8, 4) is 0 Å². The van der Waals surface area contributed by atoms with Gasteiger partial charge in [-0.3, -0.25) is 0 Å². The molecule has 0 spiro atoms. The third kappa shape index (κ3) is 2.82. The summed E-state index contributed by atoms with van der Waals surface area (Å²) in [4.78, 5) is 2.78. The Morgan fingerprint density at radius 3 is 2.67 bits per heavy atom. The predicted octanol–water partition coefficient (Wildman–Crippen LogP) is 1.84. The van der Waals surface area contributed by atoms with Gasteiger partial charge in [-0.2, -0.15) is 0 Å². The Bertz CT molecular complexity index is 439. The molecular formula is C14H20N2OS. The highest BCUT2D eigenvalue weighted by Gasteiger charge is 2.21. The molecule has 1 aliphatic rings. The molecule has 2 rings (SSSR count). The van der Waals surface area contributed by atoms with Crippen LogP contribution in [-0.2, 0) is 0 Å². The molecule has 0 aromatic heterocycles. The van der Waals surface area contributed by atoms with Crippen LogP contribution >= 0.6 is 12.2 Å². The molecule has 0 saturated carbocycles. The number of hydrogen-bond acceptors (Lipinski definition) is 3. The van der Waals surface area contributed by atoms with Crippen LogP contribution in [0.2, 0.25) is 0 Å². The molecule has 1 aromatic carbocycles. The van der Waals surface area contributed by atoms with E-state index in [0.29, 0.717) is 17.5 Å². The zero-order valence-corrected chi connectivity index (χ0v) is 11.5. The zero-order chi connectivity index (χ0) is 13.1. The number of aliphatic hydroxyl groups is 1. The minimum Gasteiger partial charge on any atom is -0.396 e. The molecule has 1 heterocycles. The van der Waals surface area contributed by atoms with Crippen molar-refractivity contribution in [1.82, 2.24) is 0 Å². The third-order valence-electron chi connectivity index (χ3n) is 3.63. The highest BCUT2D eigenvalue weighted by atomic mass is 32.1. The summed E-state index contributed by atoms with van der Waals surface area (Å²) in [7, 11) is 0. The van der Waals surface area contributed by atoms with Gasteiger partial charge >= 0.3 is 0 Å². The van der Waals surface area contributed by atoms with Gasteiger partial charge in [0.2, 0.25) is 0 Å². The van der Waals surface area contributed by atoms with E-state index in [0.717, 1.165) is 37.2 Å². The molecule has 0 atom stereocenters. The molecule has 0 amide bonds. The minimum atomic E-state index is 0.295. The molecule has 0 radical (unpaired) electrons. The number of aliphatic hydroxyl groups excluding tert-OH is 1. The number of nitrogens with two attached hydrogens (primary N) is 1. The molecule has 0 bridgehead atoms. The lowest BCUT2D eigenvalue weighted by Gasteiger charge is -2.34. The summed E-state index contributed by atoms with van der Waals surface area (Å²) in [6, 6.07) is 6.19. The Labute approximate surface area is 114 Å². The monoisotopic (exact) mass is 264 g/mol. The van der Waals surface area contributed by atoms with Crippen LogP contribution in [0.4, 0.5) is 5.69 Å². The van der Waals surface area contributed by atoms with Gasteiger partial charge in [-0.1, -0.05) is 18.3 Å². The van der Waals surface area contributed by atoms with E-state index in [1.54, 1.807) is 0 Å². The van der Waals surface area contributed by atoms with Crippen LogP contribution < -0.4 is 10.6 Å². The summed E-state index contributed by atoms with van der Waals surface area (Å²) in [5, 5.41) is 9.18. The van der Waals surface area contributed by atoms with E-state index in [2.05, 4.69) is 17.9 Å². The Kier molecular flexibility index (Phi) is 4.19. The van der Waals surface area contributed by atoms with E-state index < -0.39 is 0 Å². The first-order valence-electron chi connectivity index (χ1n) is 6.38. The molecule has 1 aromatic rings. The van der Waals surface area contributed by atoms with Crippen LogP contribution in [0.3, 0.4) is 0 Å². The topological polar surface area (TPSA) is 49.5 Å². The van der Waals surface area contributed by atoms with E-state index in [9.17, 15) is 5.11 Å². The standard InChI is InChI=1S/C14H20N2OS/c1-10-2-3-12(14(15)18)13(8-10)16-6-4-11(9-17)5-7-16/h2-3,8,11,17H,4-7,9H2,1H3,(H2,15,18). The molecule has 0 unspecified atom stereocenters. The van der Waals surface area contributed by atoms with E-state index in [-0.39, 0.29) is 0 Å². The van der Waals surface area contributed by atoms with Crippen molar-refractivity contribution >= 4 is 22.9 Å². The van der Waals surface area contributed by atoms with Crippen LogP contribution in [0.15, 0.2) is 18.2 Å². The normalized spacial score (nSPS) is 16.9. The molecule has 3 N–H and O–H groups in total. The fraction of sp³-hybridized carbons (Fsp3) is 0.500. The van der Waals surface area contributed by atoms with Crippen molar-refractivity contribution in [1.29, 1.82) is 0 Å². The van der Waals surface area contributed by atoms with Crippen LogP contribution in [0.5, 0.6) is 0 Å². The van der Waals surface area contributed by atoms with Crippen molar-refractivity contribution in [3.05, 3.63) is 29.3 Å². The molecule has 98 valence electrons. The molecule has 1 aliphatic heterocycles. The average molecular weight is 264 g/mol. The zero-order valence-electron chi connectivity index (χ0n) is 10.7. The summed E-state index contributed by atoms with van der Waals surface area (Å²) in [5.74, 6) is 0.444. The van der Waals surface area contributed by atoms with Crippen LogP contribution in [0.25, 0.3) is 0 Å². The molecular weight excluding hydrogens is 244 g/mol. The van der Waals surface area contributed by atoms with Crippen LogP contribution in [0.1, 0.15) is 24.0 Å². The lowest BCUT2D eigenvalue weighted by atomic mass is 9.96. The quantitative estimate of drug-likeness (QED) is 0.818. The molecule has 1 saturated heterocycles. The molecule has 18 heavy (non-hydrogen) atoms. The van der Waals surface area contributed by atoms with Crippen LogP contribution in [0, 0.1) is 12.8 Å². The molecule has 0 aliphatic carbocycles. The second-order valence-corrected chi connectivity index (χ2v) is 5.44. The summed E-state index contributed by atoms with van der Waals surface area (Å²) in [6.07, 6.45) is 2.06. The number of hydrogen-bond donors (Lipinski definition) is 2. The summed E-state index contributed by atoms with van der Waals surface area (Å²) >= 11 is 5.12. The van der Waals surface area contributed by atoms with Gasteiger partial charge in [0, 0.05) is 30.9 Å². The van der Waals surface area contributed by atoms with Crippen LogP contribution in [-0.4, -0.2) is 29.8 Å². The Hall–Kier alpha value is -1.13. The van der Waals surface area contributed by atoms with Gasteiger partial charge in [0.1, 0.15) is 4.99 Å². The average Bonchev–Trinajstić information content (AvgIpc) is 2.38. The number of benzene rings is 1. The van der Waals surface area contributed by atoms with E-state index >= 15 is 0 Å². The Balaban J connectivity index is 2.22. The van der Waals surface area contributed by atoms with Gasteiger partial charge in [-0.15, -0.1) is 0 Å². The van der Waals surface area contributed by atoms with E-state index in [1.165, 1.54) is 5.56 Å². The minimum absolute atomic E-state index is 0.295. The number of aryl methyl sites for hydroxylation is 1. The van der Waals surface area contributed by atoms with Gasteiger partial charge < -0.3 is 15.7 Å². The number of nitrogens with zero attached hydrogens (tertiary/aromatic N) is 1. The number of piperidine rings is 1. The van der Waals surface area contributed by atoms with Gasteiger partial charge in [-0.25, -0.2) is 0 Å². The summed E-state index contributed by atoms with van der Waals surface area (Å²) in [5.41, 5.74) is 9.10. The van der Waals surface area contributed by atoms with Gasteiger partial charge in [0.05, 0.1) is 0 Å². The second kappa shape index (κ2) is 5.67. The first kappa shape index (κ1) is 13.3. The number of anilines is 1. The summed E-state index contributed by atoms with van der Waals surface area (Å²) < 4.78 is 0. The van der Waals surface area contributed by atoms with Crippen molar-refractivity contribution < 1.29 is 5.11 Å². The molecule has 1 fully saturated rings. The van der Waals surface area contributed by atoms with Crippen molar-refractivity contribution in [2.45, 2.75) is 19.8 Å². The fourth-order valence-corrected chi connectivity index (χ4v) is 2.64. The van der Waals surface area contributed by atoms with Gasteiger partial charge in [0.15, 0.2) is 0 Å². The first-order valence-corrected chi connectivity index (χ1v) is 6.79. The highest BCUT2D eigenvalue weighted by molar-refractivity contribution is 7.80. The van der Waals surface area contributed by atoms with Gasteiger partial charge in [0.25, 0.3) is 0 Å². The van der Waals surface area contributed by atoms with E-state index in [4.69, 9.17) is 18.0 Å². The first-order chi connectivity index (χ1) is 8.61. The molecule has 3 nitrogen and oxygen atoms in total. The molecule has 4 heteroatoms. The largest absolute Gasteiger partial charge is 0.396 e. The van der Waals surface area contributed by atoms with Crippen molar-refractivity contribution in [2.24, 2.45) is 11.7 Å². The van der Waals surface area contributed by atoms with Crippen molar-refractivity contribution in [3.63, 3.8) is 0 Å². The Morgan fingerprint density at radius 1 is 1.44 bits per heavy atom. The van der Waals surface area contributed by atoms with Gasteiger partial charge in [-0.05, 0) is 43.4 Å². The lowest BCUT2D eigenvalue weighted by molar-refractivity contribution is 0.203. The van der Waals surface area contributed by atoms with E-state index in [1.807, 2.05) is 12.1 Å². The maximum absolute atomic E-state index is 9.18. The number of thiocarbonyl (C=S) groups is 1. The summed E-state index contributed by atoms with van der Waals surface area (Å²) in [6.45, 7) is 4.30. The van der Waals surface area contributed by atoms with Crippen molar-refractivity contribution in [2.75, 3.05) is 24.6 Å². The second-order valence-electron chi connectivity index (χ2n) is 5.00. The Morgan fingerprint density at radius 2 is 2.11 bits per heavy atom. The fourth-order valence-electron chi connectivity index (χ4n) is 2.47. The highest BCUT2D eigenvalue weighted by Crippen LogP contribution is 2.27. The maximum atomic E-state index is 9.18. The SMILES string of the molecule is Cc1ccc(C(N)=S)c(N2CCC(CO)CC2)c1. The lowest BCUT2D eigenvalue weighted by Crippen LogP contribution is -2.36. The smallest absolute Gasteiger partial charge is 0.106 e. The predicted molar refractivity (Wildman–Crippen MR) is 79.1 cm³/mol. The third-order valence-corrected chi connectivity index (χ3v) is 3.85. The maximum Gasteiger partial charge on any atom is 0.106 e. The number of rotatable bonds is 3.